The van der Waals surface area contributed by atoms with Crippen LogP contribution in [-0.2, 0) is 11.2 Å². The number of carbonyl (C=O) groups excluding carboxylic acids is 2. The number of hydrogen-bond acceptors (Lipinski definition) is 3. The third kappa shape index (κ3) is 4.65. The average molecular weight is 376 g/mol. The molecule has 0 saturated carbocycles. The Labute approximate surface area is 164 Å². The molecule has 0 bridgehead atoms. The molecule has 0 spiro atoms. The molecular weight excluding hydrogens is 352 g/mol. The average Bonchev–Trinajstić information content (AvgIpc) is 3.07. The van der Waals surface area contributed by atoms with Crippen molar-refractivity contribution in [3.63, 3.8) is 0 Å². The number of rotatable bonds is 7. The van der Waals surface area contributed by atoms with Crippen molar-refractivity contribution in [2.24, 2.45) is 0 Å². The summed E-state index contributed by atoms with van der Waals surface area (Å²) in [6, 6.07) is 17.4. The van der Waals surface area contributed by atoms with Crippen LogP contribution < -0.4 is 10.6 Å². The van der Waals surface area contributed by atoms with E-state index in [0.717, 1.165) is 22.5 Å². The minimum Gasteiger partial charge on any atom is -0.354 e. The number of aromatic nitrogens is 2. The summed E-state index contributed by atoms with van der Waals surface area (Å²) < 4.78 is 1.77. The zero-order valence-electron chi connectivity index (χ0n) is 16.1. The summed E-state index contributed by atoms with van der Waals surface area (Å²) in [5.74, 6) is -0.265. The van der Waals surface area contributed by atoms with Crippen molar-refractivity contribution in [3.8, 4) is 5.69 Å². The van der Waals surface area contributed by atoms with Gasteiger partial charge in [0.1, 0.15) is 0 Å². The maximum absolute atomic E-state index is 12.5. The van der Waals surface area contributed by atoms with E-state index in [-0.39, 0.29) is 11.8 Å². The summed E-state index contributed by atoms with van der Waals surface area (Å²) in [5, 5.41) is 10.0. The number of carbonyl (C=O) groups is 2. The van der Waals surface area contributed by atoms with Gasteiger partial charge in [0.05, 0.1) is 29.6 Å². The van der Waals surface area contributed by atoms with E-state index in [1.807, 2.05) is 68.4 Å². The van der Waals surface area contributed by atoms with Gasteiger partial charge >= 0.3 is 0 Å². The van der Waals surface area contributed by atoms with Gasteiger partial charge in [0.15, 0.2) is 0 Å². The highest BCUT2D eigenvalue weighted by Gasteiger charge is 2.15. The molecule has 0 atom stereocenters. The Bertz CT molecular complexity index is 964. The second-order valence-electron chi connectivity index (χ2n) is 6.61. The minimum atomic E-state index is -0.199. The molecule has 3 rings (SSSR count). The molecule has 0 aliphatic carbocycles. The molecule has 2 aromatic carbocycles. The fourth-order valence-electron chi connectivity index (χ4n) is 2.99. The number of para-hydroxylation sites is 1. The van der Waals surface area contributed by atoms with Crippen molar-refractivity contribution >= 4 is 11.8 Å². The summed E-state index contributed by atoms with van der Waals surface area (Å²) in [4.78, 5) is 24.4. The molecule has 6 nitrogen and oxygen atoms in total. The number of nitrogens with zero attached hydrogens (tertiary/aromatic N) is 2. The van der Waals surface area contributed by atoms with Crippen LogP contribution in [0.3, 0.4) is 0 Å². The van der Waals surface area contributed by atoms with Gasteiger partial charge in [-0.1, -0.05) is 48.5 Å². The van der Waals surface area contributed by atoms with Crippen LogP contribution in [0.2, 0.25) is 0 Å². The van der Waals surface area contributed by atoms with E-state index >= 15 is 0 Å². The van der Waals surface area contributed by atoms with E-state index in [2.05, 4.69) is 15.7 Å². The number of benzene rings is 2. The highest BCUT2D eigenvalue weighted by Crippen LogP contribution is 2.17. The summed E-state index contributed by atoms with van der Waals surface area (Å²) in [7, 11) is 0. The Morgan fingerprint density at radius 1 is 0.929 bits per heavy atom. The van der Waals surface area contributed by atoms with Crippen molar-refractivity contribution in [1.82, 2.24) is 20.4 Å². The Morgan fingerprint density at radius 3 is 2.36 bits per heavy atom. The fraction of sp³-hybridized carbons (Fsp3) is 0.227. The Kier molecular flexibility index (Phi) is 6.22. The molecule has 2 N–H and O–H groups in total. The number of nitrogens with one attached hydrogen (secondary N) is 2. The van der Waals surface area contributed by atoms with E-state index in [1.54, 1.807) is 10.9 Å². The summed E-state index contributed by atoms with van der Waals surface area (Å²) in [6.07, 6.45) is 1.90. The van der Waals surface area contributed by atoms with Gasteiger partial charge in [-0.15, -0.1) is 0 Å². The van der Waals surface area contributed by atoms with Gasteiger partial charge in [0.2, 0.25) is 5.91 Å². The number of hydrogen-bond donors (Lipinski definition) is 2. The van der Waals surface area contributed by atoms with Crippen molar-refractivity contribution < 1.29 is 9.59 Å². The highest BCUT2D eigenvalue weighted by molar-refractivity contribution is 5.95. The van der Waals surface area contributed by atoms with Crippen molar-refractivity contribution in [1.29, 1.82) is 0 Å². The van der Waals surface area contributed by atoms with Crippen LogP contribution >= 0.6 is 0 Å². The van der Waals surface area contributed by atoms with Gasteiger partial charge in [0, 0.05) is 13.1 Å². The number of amides is 2. The van der Waals surface area contributed by atoms with Gasteiger partial charge in [-0.25, -0.2) is 4.68 Å². The fourth-order valence-corrected chi connectivity index (χ4v) is 2.99. The normalized spacial score (nSPS) is 10.5. The van der Waals surface area contributed by atoms with Crippen LogP contribution in [0.25, 0.3) is 5.69 Å². The largest absolute Gasteiger partial charge is 0.354 e. The van der Waals surface area contributed by atoms with Crippen LogP contribution in [0.15, 0.2) is 60.8 Å². The third-order valence-electron chi connectivity index (χ3n) is 4.54. The van der Waals surface area contributed by atoms with E-state index in [4.69, 9.17) is 0 Å². The first-order valence-electron chi connectivity index (χ1n) is 9.25. The molecule has 0 saturated heterocycles. The van der Waals surface area contributed by atoms with Gasteiger partial charge in [-0.05, 0) is 31.0 Å². The van der Waals surface area contributed by atoms with E-state index in [9.17, 15) is 9.59 Å². The van der Waals surface area contributed by atoms with Gasteiger partial charge in [-0.3, -0.25) is 9.59 Å². The SMILES string of the molecule is Cc1ccccc1-n1ncc(C(=O)NCCNC(=O)Cc2ccccc2)c1C. The van der Waals surface area contributed by atoms with Crippen molar-refractivity contribution in [2.75, 3.05) is 13.1 Å². The molecular formula is C22H24N4O2. The monoisotopic (exact) mass is 376 g/mol. The topological polar surface area (TPSA) is 76.0 Å². The maximum atomic E-state index is 12.5. The van der Waals surface area contributed by atoms with Gasteiger partial charge < -0.3 is 10.6 Å². The second-order valence-corrected chi connectivity index (χ2v) is 6.61. The molecule has 28 heavy (non-hydrogen) atoms. The standard InChI is InChI=1S/C22H24N4O2/c1-16-8-6-7-11-20(16)26-17(2)19(15-25-26)22(28)24-13-12-23-21(27)14-18-9-4-3-5-10-18/h3-11,15H,12-14H2,1-2H3,(H,23,27)(H,24,28). The zero-order valence-corrected chi connectivity index (χ0v) is 16.1. The van der Waals surface area contributed by atoms with Gasteiger partial charge in [-0.2, -0.15) is 5.10 Å². The molecule has 2 amide bonds. The van der Waals surface area contributed by atoms with Gasteiger partial charge in [0.25, 0.3) is 5.91 Å². The third-order valence-corrected chi connectivity index (χ3v) is 4.54. The second kappa shape index (κ2) is 8.99. The quantitative estimate of drug-likeness (QED) is 0.622. The predicted molar refractivity (Wildman–Crippen MR) is 109 cm³/mol. The first-order valence-corrected chi connectivity index (χ1v) is 9.25. The summed E-state index contributed by atoms with van der Waals surface area (Å²) in [5.41, 5.74) is 4.30. The zero-order chi connectivity index (χ0) is 19.9. The molecule has 0 aliphatic rings. The lowest BCUT2D eigenvalue weighted by Crippen LogP contribution is -2.35. The lowest BCUT2D eigenvalue weighted by atomic mass is 10.1. The molecule has 144 valence electrons. The number of aryl methyl sites for hydroxylation is 1. The molecule has 1 heterocycles. The lowest BCUT2D eigenvalue weighted by molar-refractivity contribution is -0.120. The Balaban J connectivity index is 1.50. The smallest absolute Gasteiger partial charge is 0.254 e. The molecule has 0 unspecified atom stereocenters. The summed E-state index contributed by atoms with van der Waals surface area (Å²) >= 11 is 0. The van der Waals surface area contributed by atoms with Crippen LogP contribution in [-0.4, -0.2) is 34.7 Å². The van der Waals surface area contributed by atoms with Crippen LogP contribution in [0.1, 0.15) is 27.2 Å². The van der Waals surface area contributed by atoms with E-state index in [0.29, 0.717) is 25.1 Å². The highest BCUT2D eigenvalue weighted by atomic mass is 16.2. The molecule has 6 heteroatoms. The molecule has 1 aromatic heterocycles. The minimum absolute atomic E-state index is 0.0657. The first kappa shape index (κ1) is 19.4. The van der Waals surface area contributed by atoms with Crippen molar-refractivity contribution in [3.05, 3.63) is 83.2 Å². The van der Waals surface area contributed by atoms with Crippen LogP contribution in [0.4, 0.5) is 0 Å². The molecule has 0 radical (unpaired) electrons. The van der Waals surface area contributed by atoms with Crippen molar-refractivity contribution in [2.45, 2.75) is 20.3 Å². The molecule has 3 aromatic rings. The van der Waals surface area contributed by atoms with Crippen LogP contribution in [0, 0.1) is 13.8 Å². The Morgan fingerprint density at radius 2 is 1.61 bits per heavy atom. The molecule has 0 fully saturated rings. The van der Waals surface area contributed by atoms with E-state index < -0.39 is 0 Å². The Hall–Kier alpha value is -3.41. The predicted octanol–water partition coefficient (Wildman–Crippen LogP) is 2.58. The summed E-state index contributed by atoms with van der Waals surface area (Å²) in [6.45, 7) is 4.61. The molecule has 0 aliphatic heterocycles. The lowest BCUT2D eigenvalue weighted by Gasteiger charge is -2.09. The first-order chi connectivity index (χ1) is 13.6. The van der Waals surface area contributed by atoms with Crippen LogP contribution in [0.5, 0.6) is 0 Å². The van der Waals surface area contributed by atoms with E-state index in [1.165, 1.54) is 0 Å². The maximum Gasteiger partial charge on any atom is 0.254 e.